The van der Waals surface area contributed by atoms with Crippen molar-refractivity contribution in [3.63, 3.8) is 0 Å². The molecule has 0 radical (unpaired) electrons. The summed E-state index contributed by atoms with van der Waals surface area (Å²) in [6.07, 6.45) is 0. The minimum absolute atomic E-state index is 0.149. The van der Waals surface area contributed by atoms with Crippen molar-refractivity contribution in [2.24, 2.45) is 0 Å². The summed E-state index contributed by atoms with van der Waals surface area (Å²) in [5.41, 5.74) is 0.920. The van der Waals surface area contributed by atoms with E-state index in [-0.39, 0.29) is 19.1 Å². The quantitative estimate of drug-likeness (QED) is 0.909. The Balaban J connectivity index is 2.30. The summed E-state index contributed by atoms with van der Waals surface area (Å²) >= 11 is 1.09. The molecule has 0 unspecified atom stereocenters. The van der Waals surface area contributed by atoms with E-state index in [2.05, 4.69) is 10.3 Å². The lowest BCUT2D eigenvalue weighted by Gasteiger charge is -2.00. The number of aryl methyl sites for hydroxylation is 1. The highest BCUT2D eigenvalue weighted by Gasteiger charge is 2.16. The topological polar surface area (TPSA) is 62.2 Å². The second-order valence-corrected chi connectivity index (χ2v) is 5.04. The van der Waals surface area contributed by atoms with Crippen LogP contribution in [0.25, 0.3) is 10.6 Å². The van der Waals surface area contributed by atoms with Crippen molar-refractivity contribution in [2.45, 2.75) is 6.92 Å². The van der Waals surface area contributed by atoms with E-state index in [0.29, 0.717) is 21.1 Å². The van der Waals surface area contributed by atoms with E-state index in [1.54, 1.807) is 6.92 Å². The van der Waals surface area contributed by atoms with Gasteiger partial charge in [0.25, 0.3) is 5.91 Å². The Bertz CT molecular complexity index is 643. The lowest BCUT2D eigenvalue weighted by molar-refractivity contribution is 0.0948. The first-order chi connectivity index (χ1) is 9.52. The van der Waals surface area contributed by atoms with Crippen LogP contribution in [0.4, 0.5) is 8.78 Å². The van der Waals surface area contributed by atoms with E-state index in [1.165, 1.54) is 6.07 Å². The molecule has 1 aromatic heterocycles. The molecule has 0 aliphatic rings. The van der Waals surface area contributed by atoms with Crippen molar-refractivity contribution in [3.8, 4) is 10.6 Å². The Hall–Kier alpha value is -1.86. The number of aliphatic hydroxyl groups is 1. The molecule has 0 aliphatic carbocycles. The van der Waals surface area contributed by atoms with Crippen molar-refractivity contribution in [3.05, 3.63) is 40.4 Å². The lowest BCUT2D eigenvalue weighted by Crippen LogP contribution is -2.26. The molecule has 0 spiro atoms. The van der Waals surface area contributed by atoms with Crippen molar-refractivity contribution in [1.82, 2.24) is 10.3 Å². The maximum absolute atomic E-state index is 13.2. The van der Waals surface area contributed by atoms with Gasteiger partial charge in [-0.1, -0.05) is 0 Å². The fraction of sp³-hybridized carbons (Fsp3) is 0.231. The normalized spacial score (nSPS) is 10.6. The van der Waals surface area contributed by atoms with E-state index in [4.69, 9.17) is 5.11 Å². The number of carbonyl (C=O) groups is 1. The molecule has 0 aliphatic heterocycles. The largest absolute Gasteiger partial charge is 0.395 e. The number of halogens is 2. The van der Waals surface area contributed by atoms with Gasteiger partial charge in [0.2, 0.25) is 0 Å². The number of rotatable bonds is 4. The Kier molecular flexibility index (Phi) is 4.41. The molecular weight excluding hydrogens is 286 g/mol. The van der Waals surface area contributed by atoms with Gasteiger partial charge in [-0.05, 0) is 25.1 Å². The third-order valence-electron chi connectivity index (χ3n) is 2.57. The molecule has 0 bridgehead atoms. The molecule has 0 saturated heterocycles. The van der Waals surface area contributed by atoms with Gasteiger partial charge in [0, 0.05) is 12.1 Å². The summed E-state index contributed by atoms with van der Waals surface area (Å²) in [5, 5.41) is 11.6. The SMILES string of the molecule is Cc1nc(-c2ccc(F)c(F)c2)sc1C(=O)NCCO. The van der Waals surface area contributed by atoms with Crippen molar-refractivity contribution in [2.75, 3.05) is 13.2 Å². The predicted molar refractivity (Wildman–Crippen MR) is 71.6 cm³/mol. The summed E-state index contributed by atoms with van der Waals surface area (Å²) in [6, 6.07) is 3.47. The summed E-state index contributed by atoms with van der Waals surface area (Å²) < 4.78 is 26.1. The highest BCUT2D eigenvalue weighted by Crippen LogP contribution is 2.28. The number of aromatic nitrogens is 1. The Morgan fingerprint density at radius 2 is 2.15 bits per heavy atom. The van der Waals surface area contributed by atoms with Gasteiger partial charge in [-0.25, -0.2) is 13.8 Å². The molecule has 0 fully saturated rings. The average Bonchev–Trinajstić information content (AvgIpc) is 2.81. The van der Waals surface area contributed by atoms with Crippen LogP contribution < -0.4 is 5.32 Å². The summed E-state index contributed by atoms with van der Waals surface area (Å²) in [4.78, 5) is 16.4. The number of nitrogens with zero attached hydrogens (tertiary/aromatic N) is 1. The van der Waals surface area contributed by atoms with Crippen molar-refractivity contribution in [1.29, 1.82) is 0 Å². The third kappa shape index (κ3) is 3.00. The van der Waals surface area contributed by atoms with Gasteiger partial charge in [0.05, 0.1) is 12.3 Å². The zero-order valence-electron chi connectivity index (χ0n) is 10.6. The van der Waals surface area contributed by atoms with Crippen molar-refractivity contribution >= 4 is 17.2 Å². The second kappa shape index (κ2) is 6.06. The van der Waals surface area contributed by atoms with Crippen LogP contribution in [-0.4, -0.2) is 29.1 Å². The highest BCUT2D eigenvalue weighted by atomic mass is 32.1. The molecule has 2 aromatic rings. The smallest absolute Gasteiger partial charge is 0.263 e. The van der Waals surface area contributed by atoms with Crippen LogP contribution in [0.3, 0.4) is 0 Å². The van der Waals surface area contributed by atoms with Gasteiger partial charge >= 0.3 is 0 Å². The molecule has 1 aromatic carbocycles. The molecule has 0 atom stereocenters. The zero-order chi connectivity index (χ0) is 14.7. The molecular formula is C13H12F2N2O2S. The van der Waals surface area contributed by atoms with Gasteiger partial charge < -0.3 is 10.4 Å². The molecule has 2 rings (SSSR count). The molecule has 4 nitrogen and oxygen atoms in total. The number of aliphatic hydroxyl groups excluding tert-OH is 1. The molecule has 20 heavy (non-hydrogen) atoms. The Labute approximate surface area is 118 Å². The summed E-state index contributed by atoms with van der Waals surface area (Å²) in [7, 11) is 0. The number of benzene rings is 1. The average molecular weight is 298 g/mol. The van der Waals surface area contributed by atoms with E-state index in [1.807, 2.05) is 0 Å². The fourth-order valence-electron chi connectivity index (χ4n) is 1.61. The molecule has 0 saturated carbocycles. The number of hydrogen-bond donors (Lipinski definition) is 2. The molecule has 1 amide bonds. The highest BCUT2D eigenvalue weighted by molar-refractivity contribution is 7.17. The van der Waals surface area contributed by atoms with E-state index >= 15 is 0 Å². The fourth-order valence-corrected chi connectivity index (χ4v) is 2.59. The standard InChI is InChI=1S/C13H12F2N2O2S/c1-7-11(12(19)16-4-5-18)20-13(17-7)8-2-3-9(14)10(15)6-8/h2-3,6,18H,4-5H2,1H3,(H,16,19). The molecule has 1 heterocycles. The third-order valence-corrected chi connectivity index (χ3v) is 3.77. The van der Waals surface area contributed by atoms with E-state index < -0.39 is 11.6 Å². The Morgan fingerprint density at radius 3 is 2.80 bits per heavy atom. The number of amides is 1. The monoisotopic (exact) mass is 298 g/mol. The number of carbonyl (C=O) groups excluding carboxylic acids is 1. The number of thiazole rings is 1. The van der Waals surface area contributed by atoms with Gasteiger partial charge in [-0.3, -0.25) is 4.79 Å². The summed E-state index contributed by atoms with van der Waals surface area (Å²) in [6.45, 7) is 1.66. The zero-order valence-corrected chi connectivity index (χ0v) is 11.4. The first-order valence-corrected chi connectivity index (χ1v) is 6.66. The van der Waals surface area contributed by atoms with Crippen LogP contribution in [0.5, 0.6) is 0 Å². The van der Waals surface area contributed by atoms with Gasteiger partial charge in [0.15, 0.2) is 11.6 Å². The van der Waals surface area contributed by atoms with Crippen LogP contribution in [0.15, 0.2) is 18.2 Å². The lowest BCUT2D eigenvalue weighted by atomic mass is 10.2. The maximum Gasteiger partial charge on any atom is 0.263 e. The molecule has 2 N–H and O–H groups in total. The number of hydrogen-bond acceptors (Lipinski definition) is 4. The molecule has 7 heteroatoms. The first-order valence-electron chi connectivity index (χ1n) is 5.85. The Morgan fingerprint density at radius 1 is 1.40 bits per heavy atom. The summed E-state index contributed by atoms with van der Waals surface area (Å²) in [5.74, 6) is -2.23. The molecule has 106 valence electrons. The first kappa shape index (κ1) is 14.5. The van der Waals surface area contributed by atoms with Crippen molar-refractivity contribution < 1.29 is 18.7 Å². The van der Waals surface area contributed by atoms with E-state index in [0.717, 1.165) is 23.5 Å². The van der Waals surface area contributed by atoms with Crippen LogP contribution in [-0.2, 0) is 0 Å². The maximum atomic E-state index is 13.2. The number of nitrogens with one attached hydrogen (secondary N) is 1. The minimum atomic E-state index is -0.957. The van der Waals surface area contributed by atoms with Gasteiger partial charge in [-0.2, -0.15) is 0 Å². The van der Waals surface area contributed by atoms with Crippen LogP contribution in [0.2, 0.25) is 0 Å². The van der Waals surface area contributed by atoms with Gasteiger partial charge in [0.1, 0.15) is 9.88 Å². The van der Waals surface area contributed by atoms with E-state index in [9.17, 15) is 13.6 Å². The van der Waals surface area contributed by atoms with Crippen LogP contribution in [0.1, 0.15) is 15.4 Å². The van der Waals surface area contributed by atoms with Crippen LogP contribution in [0, 0.1) is 18.6 Å². The van der Waals surface area contributed by atoms with Crippen LogP contribution >= 0.6 is 11.3 Å². The predicted octanol–water partition coefficient (Wildman–Crippen LogP) is 2.12. The minimum Gasteiger partial charge on any atom is -0.395 e. The second-order valence-electron chi connectivity index (χ2n) is 4.04. The van der Waals surface area contributed by atoms with Gasteiger partial charge in [-0.15, -0.1) is 11.3 Å².